The highest BCUT2D eigenvalue weighted by Gasteiger charge is 2.35. The number of methoxy groups -OCH3 is 1. The van der Waals surface area contributed by atoms with E-state index in [0.717, 1.165) is 9.87 Å². The number of rotatable bonds is 12. The number of nitrogens with one attached hydrogen (secondary N) is 1. The molecule has 0 fully saturated rings. The van der Waals surface area contributed by atoms with Crippen LogP contribution < -0.4 is 14.4 Å². The first-order valence-electron chi connectivity index (χ1n) is 13.2. The average molecular weight is 590 g/mol. The smallest absolute Gasteiger partial charge is 0.264 e. The van der Waals surface area contributed by atoms with Crippen molar-refractivity contribution in [1.29, 1.82) is 0 Å². The monoisotopic (exact) mass is 589 g/mol. The number of carbonyl (C=O) groups excluding carboxylic acids is 2. The molecule has 1 N–H and O–H groups in total. The zero-order valence-corrected chi connectivity index (χ0v) is 24.1. The number of sulfonamides is 1. The molecule has 2 amide bonds. The first kappa shape index (κ1) is 30.3. The summed E-state index contributed by atoms with van der Waals surface area (Å²) in [6.07, 6.45) is 0.174. The minimum atomic E-state index is -4.25. The van der Waals surface area contributed by atoms with Gasteiger partial charge in [-0.25, -0.2) is 12.8 Å². The number of hydrogen-bond donors (Lipinski definition) is 1. The topological polar surface area (TPSA) is 96.0 Å². The standard InChI is InChI=1S/C32H32FN3O5S/c1-34-32(38)29(21-24-11-5-3-6-12-24)35(22-25-17-19-26(33)20-18-25)31(37)23-36(28-15-9-10-16-30(28)41-2)42(39,40)27-13-7-4-8-14-27/h3-20,29H,21-23H2,1-2H3,(H,34,38)/t29-/m0/s1. The summed E-state index contributed by atoms with van der Waals surface area (Å²) in [5, 5.41) is 2.63. The summed E-state index contributed by atoms with van der Waals surface area (Å²) in [6, 6.07) is 28.1. The number of hydrogen-bond acceptors (Lipinski definition) is 5. The molecular formula is C32H32FN3O5S. The molecule has 0 bridgehead atoms. The van der Waals surface area contributed by atoms with Crippen LogP contribution in [0.3, 0.4) is 0 Å². The number of halogens is 1. The number of para-hydroxylation sites is 2. The van der Waals surface area contributed by atoms with Crippen LogP contribution in [0.25, 0.3) is 0 Å². The van der Waals surface area contributed by atoms with Gasteiger partial charge in [-0.05, 0) is 47.5 Å². The fourth-order valence-corrected chi connectivity index (χ4v) is 6.02. The summed E-state index contributed by atoms with van der Waals surface area (Å²) in [5.41, 5.74) is 1.54. The van der Waals surface area contributed by atoms with Gasteiger partial charge in [-0.1, -0.05) is 72.8 Å². The molecule has 4 rings (SSSR count). The molecule has 0 aromatic heterocycles. The van der Waals surface area contributed by atoms with E-state index in [-0.39, 0.29) is 29.3 Å². The largest absolute Gasteiger partial charge is 0.495 e. The SMILES string of the molecule is CNC(=O)[C@H](Cc1ccccc1)N(Cc1ccc(F)cc1)C(=O)CN(c1ccccc1OC)S(=O)(=O)c1ccccc1. The van der Waals surface area contributed by atoms with Gasteiger partial charge in [0.05, 0.1) is 17.7 Å². The summed E-state index contributed by atoms with van der Waals surface area (Å²) in [7, 11) is -1.36. The van der Waals surface area contributed by atoms with Crippen LogP contribution in [0.1, 0.15) is 11.1 Å². The van der Waals surface area contributed by atoms with Crippen molar-refractivity contribution in [2.75, 3.05) is 25.0 Å². The number of anilines is 1. The van der Waals surface area contributed by atoms with Crippen molar-refractivity contribution in [3.63, 3.8) is 0 Å². The van der Waals surface area contributed by atoms with Crippen molar-refractivity contribution < 1.29 is 27.1 Å². The number of likely N-dealkylation sites (N-methyl/N-ethyl adjacent to an activating group) is 1. The van der Waals surface area contributed by atoms with Gasteiger partial charge < -0.3 is 15.0 Å². The van der Waals surface area contributed by atoms with Gasteiger partial charge in [-0.3, -0.25) is 13.9 Å². The third kappa shape index (κ3) is 7.13. The molecule has 8 nitrogen and oxygen atoms in total. The molecule has 0 spiro atoms. The van der Waals surface area contributed by atoms with Crippen molar-refractivity contribution in [3.8, 4) is 5.75 Å². The van der Waals surface area contributed by atoms with Gasteiger partial charge in [0.25, 0.3) is 10.0 Å². The molecule has 0 saturated heterocycles. The molecule has 10 heteroatoms. The Morgan fingerprint density at radius 3 is 2.05 bits per heavy atom. The lowest BCUT2D eigenvalue weighted by Crippen LogP contribution is -2.53. The van der Waals surface area contributed by atoms with Crippen LogP contribution in [0, 0.1) is 5.82 Å². The first-order chi connectivity index (χ1) is 20.2. The Hall–Kier alpha value is -4.70. The van der Waals surface area contributed by atoms with E-state index in [9.17, 15) is 22.4 Å². The predicted molar refractivity (Wildman–Crippen MR) is 159 cm³/mol. The summed E-state index contributed by atoms with van der Waals surface area (Å²) >= 11 is 0. The van der Waals surface area contributed by atoms with Gasteiger partial charge in [0.2, 0.25) is 11.8 Å². The highest BCUT2D eigenvalue weighted by molar-refractivity contribution is 7.92. The molecule has 218 valence electrons. The molecule has 0 aliphatic carbocycles. The van der Waals surface area contributed by atoms with Gasteiger partial charge >= 0.3 is 0 Å². The van der Waals surface area contributed by atoms with Gasteiger partial charge in [-0.2, -0.15) is 0 Å². The Morgan fingerprint density at radius 2 is 1.43 bits per heavy atom. The Labute approximate surface area is 245 Å². The molecule has 0 radical (unpaired) electrons. The third-order valence-electron chi connectivity index (χ3n) is 6.75. The summed E-state index contributed by atoms with van der Waals surface area (Å²) in [4.78, 5) is 28.8. The van der Waals surface area contributed by atoms with Crippen LogP contribution in [-0.4, -0.2) is 51.9 Å². The molecule has 1 atom stereocenters. The number of carbonyl (C=O) groups is 2. The van der Waals surface area contributed by atoms with Crippen LogP contribution in [0.2, 0.25) is 0 Å². The second kappa shape index (κ2) is 13.8. The maximum atomic E-state index is 14.3. The Kier molecular flexibility index (Phi) is 9.93. The lowest BCUT2D eigenvalue weighted by molar-refractivity contribution is -0.139. The lowest BCUT2D eigenvalue weighted by atomic mass is 10.0. The van der Waals surface area contributed by atoms with Crippen molar-refractivity contribution in [3.05, 3.63) is 126 Å². The van der Waals surface area contributed by atoms with E-state index in [1.54, 1.807) is 42.5 Å². The summed E-state index contributed by atoms with van der Waals surface area (Å²) < 4.78 is 48.1. The van der Waals surface area contributed by atoms with Crippen LogP contribution in [0.5, 0.6) is 5.75 Å². The van der Waals surface area contributed by atoms with E-state index in [2.05, 4.69) is 5.32 Å². The fraction of sp³-hybridized carbons (Fsp3) is 0.188. The van der Waals surface area contributed by atoms with Gasteiger partial charge in [-0.15, -0.1) is 0 Å². The van der Waals surface area contributed by atoms with Crippen molar-refractivity contribution in [2.24, 2.45) is 0 Å². The van der Waals surface area contributed by atoms with Crippen LogP contribution in [-0.2, 0) is 32.6 Å². The molecule has 0 unspecified atom stereocenters. The minimum Gasteiger partial charge on any atom is -0.495 e. The Balaban J connectivity index is 1.80. The number of amides is 2. The zero-order chi connectivity index (χ0) is 30.1. The minimum absolute atomic E-state index is 0.0130. The number of nitrogens with zero attached hydrogens (tertiary/aromatic N) is 2. The zero-order valence-electron chi connectivity index (χ0n) is 23.3. The quantitative estimate of drug-likeness (QED) is 0.264. The van der Waals surface area contributed by atoms with Crippen LogP contribution in [0.4, 0.5) is 10.1 Å². The van der Waals surface area contributed by atoms with E-state index in [4.69, 9.17) is 4.74 Å². The third-order valence-corrected chi connectivity index (χ3v) is 8.52. The van der Waals surface area contributed by atoms with E-state index < -0.39 is 40.2 Å². The molecule has 4 aromatic rings. The predicted octanol–water partition coefficient (Wildman–Crippen LogP) is 4.42. The average Bonchev–Trinajstić information content (AvgIpc) is 3.02. The number of ether oxygens (including phenoxy) is 1. The van der Waals surface area contributed by atoms with E-state index in [1.165, 1.54) is 55.5 Å². The van der Waals surface area contributed by atoms with Gasteiger partial charge in [0, 0.05) is 20.0 Å². The van der Waals surface area contributed by atoms with Gasteiger partial charge in [0.15, 0.2) is 0 Å². The molecule has 0 heterocycles. The maximum Gasteiger partial charge on any atom is 0.264 e. The molecule has 0 aliphatic rings. The molecule has 0 aliphatic heterocycles. The van der Waals surface area contributed by atoms with Crippen LogP contribution >= 0.6 is 0 Å². The first-order valence-corrected chi connectivity index (χ1v) is 14.7. The maximum absolute atomic E-state index is 14.3. The lowest BCUT2D eigenvalue weighted by Gasteiger charge is -2.33. The normalized spacial score (nSPS) is 11.8. The highest BCUT2D eigenvalue weighted by atomic mass is 32.2. The summed E-state index contributed by atoms with van der Waals surface area (Å²) in [6.45, 7) is -0.684. The summed E-state index contributed by atoms with van der Waals surface area (Å²) in [5.74, 6) is -1.25. The highest BCUT2D eigenvalue weighted by Crippen LogP contribution is 2.32. The van der Waals surface area contributed by atoms with Crippen molar-refractivity contribution >= 4 is 27.5 Å². The van der Waals surface area contributed by atoms with E-state index in [1.807, 2.05) is 30.3 Å². The number of benzene rings is 4. The van der Waals surface area contributed by atoms with Crippen molar-refractivity contribution in [2.45, 2.75) is 23.9 Å². The van der Waals surface area contributed by atoms with Crippen molar-refractivity contribution in [1.82, 2.24) is 10.2 Å². The molecular weight excluding hydrogens is 557 g/mol. The molecule has 4 aromatic carbocycles. The Morgan fingerprint density at radius 1 is 0.833 bits per heavy atom. The Bertz CT molecular complexity index is 1600. The van der Waals surface area contributed by atoms with Gasteiger partial charge in [0.1, 0.15) is 24.2 Å². The van der Waals surface area contributed by atoms with Crippen LogP contribution in [0.15, 0.2) is 114 Å². The second-order valence-electron chi connectivity index (χ2n) is 9.46. The molecule has 0 saturated carbocycles. The molecule has 42 heavy (non-hydrogen) atoms. The fourth-order valence-electron chi connectivity index (χ4n) is 4.58. The van der Waals surface area contributed by atoms with E-state index in [0.29, 0.717) is 5.56 Å². The second-order valence-corrected chi connectivity index (χ2v) is 11.3. The van der Waals surface area contributed by atoms with E-state index >= 15 is 0 Å².